The van der Waals surface area contributed by atoms with Crippen LogP contribution in [0.4, 0.5) is 0 Å². The van der Waals surface area contributed by atoms with Gasteiger partial charge in [0, 0.05) is 24.0 Å². The number of hydrogen-bond acceptors (Lipinski definition) is 1. The smallest absolute Gasteiger partial charge is 0.268 e. The maximum atomic E-state index is 12.6. The summed E-state index contributed by atoms with van der Waals surface area (Å²) >= 11 is 0. The Labute approximate surface area is 130 Å². The molecule has 3 rings (SSSR count). The molecule has 22 heavy (non-hydrogen) atoms. The normalized spacial score (nSPS) is 10.8. The van der Waals surface area contributed by atoms with Crippen LogP contribution in [-0.4, -0.2) is 10.5 Å². The van der Waals surface area contributed by atoms with Crippen LogP contribution in [0.1, 0.15) is 29.4 Å². The van der Waals surface area contributed by atoms with Crippen LogP contribution >= 0.6 is 0 Å². The molecular weight excluding hydrogens is 272 g/mol. The van der Waals surface area contributed by atoms with Gasteiger partial charge in [0.1, 0.15) is 5.69 Å². The van der Waals surface area contributed by atoms with E-state index in [4.69, 9.17) is 0 Å². The summed E-state index contributed by atoms with van der Waals surface area (Å²) in [5, 5.41) is 4.13. The Kier molecular flexibility index (Phi) is 4.24. The molecule has 1 aromatic heterocycles. The average molecular weight is 292 g/mol. The van der Waals surface area contributed by atoms with Crippen LogP contribution in [0.5, 0.6) is 0 Å². The second kappa shape index (κ2) is 6.48. The summed E-state index contributed by atoms with van der Waals surface area (Å²) < 4.78 is 2.11. The number of aryl methyl sites for hydroxylation is 1. The van der Waals surface area contributed by atoms with Crippen molar-refractivity contribution >= 4 is 16.8 Å². The molecule has 0 saturated carbocycles. The van der Waals surface area contributed by atoms with Crippen molar-refractivity contribution in [3.63, 3.8) is 0 Å². The molecule has 1 N–H and O–H groups in total. The Bertz CT molecular complexity index is 774. The Balaban J connectivity index is 1.85. The zero-order valence-corrected chi connectivity index (χ0v) is 12.8. The first-order chi connectivity index (χ1) is 10.8. The molecule has 0 aliphatic heterocycles. The van der Waals surface area contributed by atoms with E-state index in [1.807, 2.05) is 48.5 Å². The van der Waals surface area contributed by atoms with Gasteiger partial charge in [-0.2, -0.15) is 0 Å². The van der Waals surface area contributed by atoms with Crippen molar-refractivity contribution in [3.05, 3.63) is 71.9 Å². The third kappa shape index (κ3) is 2.89. The molecule has 0 atom stereocenters. The lowest BCUT2D eigenvalue weighted by Crippen LogP contribution is -2.25. The van der Waals surface area contributed by atoms with Gasteiger partial charge in [0.2, 0.25) is 0 Å². The first kappa shape index (κ1) is 14.4. The highest BCUT2D eigenvalue weighted by Gasteiger charge is 2.14. The Morgan fingerprint density at radius 2 is 1.77 bits per heavy atom. The van der Waals surface area contributed by atoms with E-state index in [0.717, 1.165) is 35.1 Å². The highest BCUT2D eigenvalue weighted by Crippen LogP contribution is 2.20. The minimum Gasteiger partial charge on any atom is -0.347 e. The van der Waals surface area contributed by atoms with E-state index >= 15 is 0 Å². The lowest BCUT2D eigenvalue weighted by Gasteiger charge is -2.10. The third-order valence-corrected chi connectivity index (χ3v) is 3.79. The first-order valence-corrected chi connectivity index (χ1v) is 7.70. The van der Waals surface area contributed by atoms with Crippen LogP contribution in [0, 0.1) is 0 Å². The van der Waals surface area contributed by atoms with E-state index in [1.165, 1.54) is 0 Å². The highest BCUT2D eigenvalue weighted by atomic mass is 16.1. The molecule has 1 heterocycles. The number of aromatic nitrogens is 1. The van der Waals surface area contributed by atoms with Gasteiger partial charge in [-0.1, -0.05) is 55.5 Å². The minimum atomic E-state index is -0.0199. The second-order valence-electron chi connectivity index (χ2n) is 5.41. The molecule has 3 aromatic rings. The van der Waals surface area contributed by atoms with Gasteiger partial charge in [-0.25, -0.2) is 0 Å². The molecule has 0 fully saturated rings. The zero-order valence-electron chi connectivity index (χ0n) is 12.8. The number of rotatable bonds is 5. The number of nitrogens with zero attached hydrogens (tertiary/aromatic N) is 1. The van der Waals surface area contributed by atoms with Gasteiger partial charge in [-0.15, -0.1) is 0 Å². The Morgan fingerprint density at radius 1 is 1.05 bits per heavy atom. The number of fused-ring (bicyclic) bond motifs is 1. The van der Waals surface area contributed by atoms with E-state index in [2.05, 4.69) is 28.9 Å². The minimum absolute atomic E-state index is 0.0199. The molecule has 3 heteroatoms. The van der Waals surface area contributed by atoms with Crippen LogP contribution in [0.3, 0.4) is 0 Å². The molecule has 0 unspecified atom stereocenters. The molecule has 0 aliphatic carbocycles. The van der Waals surface area contributed by atoms with Gasteiger partial charge in [0.15, 0.2) is 0 Å². The number of carbonyl (C=O) groups is 1. The lowest BCUT2D eigenvalue weighted by molar-refractivity contribution is 0.0942. The van der Waals surface area contributed by atoms with Crippen molar-refractivity contribution in [3.8, 4) is 0 Å². The van der Waals surface area contributed by atoms with Gasteiger partial charge in [0.25, 0.3) is 5.91 Å². The number of carbonyl (C=O) groups excluding carboxylic acids is 1. The fourth-order valence-electron chi connectivity index (χ4n) is 2.73. The summed E-state index contributed by atoms with van der Waals surface area (Å²) in [7, 11) is 0. The molecule has 0 aliphatic rings. The average Bonchev–Trinajstić information content (AvgIpc) is 2.93. The summed E-state index contributed by atoms with van der Waals surface area (Å²) in [6.45, 7) is 3.52. The number of benzene rings is 2. The molecule has 0 radical (unpaired) electrons. The van der Waals surface area contributed by atoms with Gasteiger partial charge < -0.3 is 9.88 Å². The quantitative estimate of drug-likeness (QED) is 0.758. The molecule has 0 spiro atoms. The molecule has 3 nitrogen and oxygen atoms in total. The van der Waals surface area contributed by atoms with Crippen molar-refractivity contribution in [1.29, 1.82) is 0 Å². The second-order valence-corrected chi connectivity index (χ2v) is 5.41. The maximum absolute atomic E-state index is 12.6. The SMILES string of the molecule is CCCn1c(C(=O)NCc2ccccc2)cc2ccccc21. The van der Waals surface area contributed by atoms with Crippen LogP contribution < -0.4 is 5.32 Å². The fraction of sp³-hybridized carbons (Fsp3) is 0.211. The van der Waals surface area contributed by atoms with Gasteiger partial charge in [0.05, 0.1) is 0 Å². The van der Waals surface area contributed by atoms with Gasteiger partial charge in [-0.05, 0) is 24.1 Å². The zero-order chi connectivity index (χ0) is 15.4. The Morgan fingerprint density at radius 3 is 2.55 bits per heavy atom. The monoisotopic (exact) mass is 292 g/mol. The van der Waals surface area contributed by atoms with Crippen LogP contribution in [0.25, 0.3) is 10.9 Å². The van der Waals surface area contributed by atoms with Crippen molar-refractivity contribution in [2.45, 2.75) is 26.4 Å². The summed E-state index contributed by atoms with van der Waals surface area (Å²) in [5.74, 6) is -0.0199. The lowest BCUT2D eigenvalue weighted by atomic mass is 10.2. The summed E-state index contributed by atoms with van der Waals surface area (Å²) in [6.07, 6.45) is 0.998. The first-order valence-electron chi connectivity index (χ1n) is 7.70. The Hall–Kier alpha value is -2.55. The standard InChI is InChI=1S/C19H20N2O/c1-2-12-21-17-11-7-6-10-16(17)13-18(21)19(22)20-14-15-8-4-3-5-9-15/h3-11,13H,2,12,14H2,1H3,(H,20,22). The number of amides is 1. The highest BCUT2D eigenvalue weighted by molar-refractivity contribution is 5.98. The molecular formula is C19H20N2O. The largest absolute Gasteiger partial charge is 0.347 e. The van der Waals surface area contributed by atoms with Gasteiger partial charge in [-0.3, -0.25) is 4.79 Å². The third-order valence-electron chi connectivity index (χ3n) is 3.79. The fourth-order valence-corrected chi connectivity index (χ4v) is 2.73. The van der Waals surface area contributed by atoms with Gasteiger partial charge >= 0.3 is 0 Å². The number of hydrogen-bond donors (Lipinski definition) is 1. The summed E-state index contributed by atoms with van der Waals surface area (Å²) in [5.41, 5.74) is 2.96. The number of para-hydroxylation sites is 1. The van der Waals surface area contributed by atoms with Crippen LogP contribution in [0.15, 0.2) is 60.7 Å². The maximum Gasteiger partial charge on any atom is 0.268 e. The topological polar surface area (TPSA) is 34.0 Å². The molecule has 0 saturated heterocycles. The van der Waals surface area contributed by atoms with Crippen LogP contribution in [0.2, 0.25) is 0 Å². The predicted molar refractivity (Wildman–Crippen MR) is 89.8 cm³/mol. The molecule has 112 valence electrons. The van der Waals surface area contributed by atoms with E-state index in [-0.39, 0.29) is 5.91 Å². The molecule has 2 aromatic carbocycles. The number of nitrogens with one attached hydrogen (secondary N) is 1. The molecule has 0 bridgehead atoms. The van der Waals surface area contributed by atoms with E-state index in [0.29, 0.717) is 6.54 Å². The van der Waals surface area contributed by atoms with Crippen molar-refractivity contribution in [1.82, 2.24) is 9.88 Å². The summed E-state index contributed by atoms with van der Waals surface area (Å²) in [6, 6.07) is 20.1. The van der Waals surface area contributed by atoms with Crippen molar-refractivity contribution in [2.24, 2.45) is 0 Å². The van der Waals surface area contributed by atoms with Crippen molar-refractivity contribution < 1.29 is 4.79 Å². The van der Waals surface area contributed by atoms with Crippen LogP contribution in [-0.2, 0) is 13.1 Å². The van der Waals surface area contributed by atoms with E-state index in [1.54, 1.807) is 0 Å². The van der Waals surface area contributed by atoms with Crippen molar-refractivity contribution in [2.75, 3.05) is 0 Å². The van der Waals surface area contributed by atoms with E-state index in [9.17, 15) is 4.79 Å². The summed E-state index contributed by atoms with van der Waals surface area (Å²) in [4.78, 5) is 12.6. The van der Waals surface area contributed by atoms with E-state index < -0.39 is 0 Å². The predicted octanol–water partition coefficient (Wildman–Crippen LogP) is 3.98. The molecule has 1 amide bonds.